The predicted molar refractivity (Wildman–Crippen MR) is 76.8 cm³/mol. The lowest BCUT2D eigenvalue weighted by Gasteiger charge is -2.23. The topological polar surface area (TPSA) is 64.6 Å². The lowest BCUT2D eigenvalue weighted by molar-refractivity contribution is -0.154. The van der Waals surface area contributed by atoms with Gasteiger partial charge in [0.15, 0.2) is 0 Å². The minimum atomic E-state index is -2.37. The summed E-state index contributed by atoms with van der Waals surface area (Å²) in [7, 11) is 1.10. The molecule has 0 saturated heterocycles. The third kappa shape index (κ3) is 4.44. The number of hydrogen-bond acceptors (Lipinski definition) is 4. The van der Waals surface area contributed by atoms with Crippen LogP contribution < -0.4 is 5.32 Å². The van der Waals surface area contributed by atoms with Crippen LogP contribution in [0.5, 0.6) is 0 Å². The number of halogens is 1. The maximum absolute atomic E-state index is 14.6. The van der Waals surface area contributed by atoms with Crippen LogP contribution >= 0.6 is 0 Å². The molecule has 0 spiro atoms. The highest BCUT2D eigenvalue weighted by Crippen LogP contribution is 2.33. The zero-order chi connectivity index (χ0) is 16.3. The molecule has 1 atom stereocenters. The molecule has 116 valence electrons. The number of esters is 1. The molecule has 0 heterocycles. The molecule has 0 aliphatic carbocycles. The van der Waals surface area contributed by atoms with E-state index in [1.165, 1.54) is 12.1 Å². The number of benzene rings is 1. The van der Waals surface area contributed by atoms with Gasteiger partial charge in [-0.15, -0.1) is 0 Å². The van der Waals surface area contributed by atoms with Gasteiger partial charge in [0.25, 0.3) is 0 Å². The largest absolute Gasteiger partial charge is 0.466 e. The van der Waals surface area contributed by atoms with Gasteiger partial charge in [-0.25, -0.2) is 14.0 Å². The van der Waals surface area contributed by atoms with Crippen molar-refractivity contribution in [3.63, 3.8) is 0 Å². The fourth-order valence-electron chi connectivity index (χ4n) is 1.72. The third-order valence-electron chi connectivity index (χ3n) is 2.64. The van der Waals surface area contributed by atoms with Gasteiger partial charge in [-0.3, -0.25) is 5.32 Å². The Balaban J connectivity index is 3.06. The summed E-state index contributed by atoms with van der Waals surface area (Å²) in [6, 6.07) is 6.07. The fourth-order valence-corrected chi connectivity index (χ4v) is 1.72. The first kappa shape index (κ1) is 16.9. The zero-order valence-electron chi connectivity index (χ0n) is 12.8. The van der Waals surface area contributed by atoms with E-state index in [1.54, 1.807) is 32.9 Å². The number of methoxy groups -OCH3 is 1. The molecular formula is C15H20FNO4. The summed E-state index contributed by atoms with van der Waals surface area (Å²) in [5.74, 6) is -1.04. The van der Waals surface area contributed by atoms with Crippen molar-refractivity contribution in [2.45, 2.75) is 39.0 Å². The van der Waals surface area contributed by atoms with Crippen molar-refractivity contribution in [2.24, 2.45) is 0 Å². The maximum Gasteiger partial charge on any atom is 0.412 e. The molecule has 5 nitrogen and oxygen atoms in total. The molecule has 0 saturated carbocycles. The predicted octanol–water partition coefficient (Wildman–Crippen LogP) is 3.39. The van der Waals surface area contributed by atoms with Crippen molar-refractivity contribution in [1.29, 1.82) is 0 Å². The highest BCUT2D eigenvalue weighted by molar-refractivity contribution is 5.89. The quantitative estimate of drug-likeness (QED) is 0.869. The van der Waals surface area contributed by atoms with Gasteiger partial charge < -0.3 is 9.47 Å². The number of carbonyl (C=O) groups excluding carboxylic acids is 2. The molecule has 1 amide bonds. The number of para-hydroxylation sites is 1. The molecule has 0 bridgehead atoms. The minimum absolute atomic E-state index is 0.00251. The molecule has 0 aliphatic rings. The van der Waals surface area contributed by atoms with Gasteiger partial charge in [-0.1, -0.05) is 18.2 Å². The van der Waals surface area contributed by atoms with Crippen LogP contribution in [-0.4, -0.2) is 24.8 Å². The molecule has 0 aromatic heterocycles. The highest BCUT2D eigenvalue weighted by atomic mass is 19.1. The van der Waals surface area contributed by atoms with E-state index in [2.05, 4.69) is 10.1 Å². The SMILES string of the molecule is COC(=O)C(C)(F)c1ccccc1NC(=O)OC(C)(C)C. The average molecular weight is 297 g/mol. The monoisotopic (exact) mass is 297 g/mol. The van der Waals surface area contributed by atoms with Gasteiger partial charge in [-0.05, 0) is 33.8 Å². The zero-order valence-corrected chi connectivity index (χ0v) is 12.8. The van der Waals surface area contributed by atoms with Crippen LogP contribution in [0.2, 0.25) is 0 Å². The fraction of sp³-hybridized carbons (Fsp3) is 0.467. The number of hydrogen-bond donors (Lipinski definition) is 1. The Morgan fingerprint density at radius 2 is 1.71 bits per heavy atom. The molecule has 6 heteroatoms. The van der Waals surface area contributed by atoms with Gasteiger partial charge in [-0.2, -0.15) is 0 Å². The molecule has 1 aromatic carbocycles. The van der Waals surface area contributed by atoms with Crippen molar-refractivity contribution >= 4 is 17.7 Å². The van der Waals surface area contributed by atoms with E-state index in [4.69, 9.17) is 4.74 Å². The molecule has 1 rings (SSSR count). The Kier molecular flexibility index (Phi) is 4.93. The van der Waals surface area contributed by atoms with E-state index >= 15 is 0 Å². The second-order valence-electron chi connectivity index (χ2n) is 5.67. The number of alkyl halides is 1. The first-order valence-electron chi connectivity index (χ1n) is 6.45. The Hall–Kier alpha value is -2.11. The smallest absolute Gasteiger partial charge is 0.412 e. The maximum atomic E-state index is 14.6. The number of anilines is 1. The minimum Gasteiger partial charge on any atom is -0.466 e. The van der Waals surface area contributed by atoms with E-state index in [0.717, 1.165) is 14.0 Å². The van der Waals surface area contributed by atoms with Gasteiger partial charge in [0.2, 0.25) is 5.67 Å². The molecule has 1 N–H and O–H groups in total. The van der Waals surface area contributed by atoms with E-state index < -0.39 is 23.3 Å². The van der Waals surface area contributed by atoms with Gasteiger partial charge in [0.05, 0.1) is 12.8 Å². The number of ether oxygens (including phenoxy) is 2. The summed E-state index contributed by atoms with van der Waals surface area (Å²) >= 11 is 0. The summed E-state index contributed by atoms with van der Waals surface area (Å²) in [5.41, 5.74) is -2.90. The third-order valence-corrected chi connectivity index (χ3v) is 2.64. The van der Waals surface area contributed by atoms with Gasteiger partial charge in [0.1, 0.15) is 5.60 Å². The van der Waals surface area contributed by atoms with Gasteiger partial charge in [0, 0.05) is 5.56 Å². The number of carbonyl (C=O) groups is 2. The van der Waals surface area contributed by atoms with Crippen LogP contribution in [0, 0.1) is 0 Å². The molecule has 0 radical (unpaired) electrons. The Labute approximate surface area is 123 Å². The lowest BCUT2D eigenvalue weighted by atomic mass is 9.96. The lowest BCUT2D eigenvalue weighted by Crippen LogP contribution is -2.31. The normalized spacial score (nSPS) is 14.0. The molecular weight excluding hydrogens is 277 g/mol. The standard InChI is InChI=1S/C15H20FNO4/c1-14(2,3)21-13(19)17-11-9-7-6-8-10(11)15(4,16)12(18)20-5/h6-9H,1-5H3,(H,17,19). The number of nitrogens with one attached hydrogen (secondary N) is 1. The van der Waals surface area contributed by atoms with Crippen LogP contribution in [0.1, 0.15) is 33.3 Å². The summed E-state index contributed by atoms with van der Waals surface area (Å²) in [5, 5.41) is 2.44. The van der Waals surface area contributed by atoms with E-state index in [1.807, 2.05) is 0 Å². The summed E-state index contributed by atoms with van der Waals surface area (Å²) in [4.78, 5) is 23.3. The second-order valence-corrected chi connectivity index (χ2v) is 5.67. The Morgan fingerprint density at radius 1 is 1.14 bits per heavy atom. The van der Waals surface area contributed by atoms with Crippen molar-refractivity contribution in [3.8, 4) is 0 Å². The van der Waals surface area contributed by atoms with Crippen LogP contribution in [0.3, 0.4) is 0 Å². The number of rotatable bonds is 3. The van der Waals surface area contributed by atoms with Crippen LogP contribution in [0.15, 0.2) is 24.3 Å². The number of amides is 1. The average Bonchev–Trinajstić information content (AvgIpc) is 2.35. The van der Waals surface area contributed by atoms with Crippen molar-refractivity contribution in [1.82, 2.24) is 0 Å². The van der Waals surface area contributed by atoms with Crippen molar-refractivity contribution in [3.05, 3.63) is 29.8 Å². The van der Waals surface area contributed by atoms with Crippen LogP contribution in [0.4, 0.5) is 14.9 Å². The van der Waals surface area contributed by atoms with E-state index in [0.29, 0.717) is 0 Å². The van der Waals surface area contributed by atoms with Gasteiger partial charge >= 0.3 is 12.1 Å². The Morgan fingerprint density at radius 3 is 2.24 bits per heavy atom. The molecule has 0 aliphatic heterocycles. The van der Waals surface area contributed by atoms with Crippen molar-refractivity contribution < 1.29 is 23.5 Å². The summed E-state index contributed by atoms with van der Waals surface area (Å²) < 4.78 is 24.2. The molecule has 21 heavy (non-hydrogen) atoms. The first-order valence-corrected chi connectivity index (χ1v) is 6.45. The van der Waals surface area contributed by atoms with Crippen molar-refractivity contribution in [2.75, 3.05) is 12.4 Å². The summed E-state index contributed by atoms with van der Waals surface area (Å²) in [6.45, 7) is 6.22. The molecule has 1 aromatic rings. The van der Waals surface area contributed by atoms with Crippen LogP contribution in [-0.2, 0) is 19.9 Å². The molecule has 0 fully saturated rings. The first-order chi connectivity index (χ1) is 9.58. The van der Waals surface area contributed by atoms with Crippen LogP contribution in [0.25, 0.3) is 0 Å². The van der Waals surface area contributed by atoms with E-state index in [9.17, 15) is 14.0 Å². The van der Waals surface area contributed by atoms with E-state index in [-0.39, 0.29) is 11.3 Å². The molecule has 1 unspecified atom stereocenters. The summed E-state index contributed by atoms with van der Waals surface area (Å²) in [6.07, 6.45) is -0.726. The second kappa shape index (κ2) is 6.11. The highest BCUT2D eigenvalue weighted by Gasteiger charge is 2.38. The Bertz CT molecular complexity index is 535.